The molecular formula is C6H12BrN3. The number of halogens is 1. The van der Waals surface area contributed by atoms with Crippen molar-refractivity contribution in [3.05, 3.63) is 23.1 Å². The van der Waals surface area contributed by atoms with Gasteiger partial charge in [0.05, 0.1) is 10.8 Å². The summed E-state index contributed by atoms with van der Waals surface area (Å²) in [4.78, 5) is 0. The van der Waals surface area contributed by atoms with Gasteiger partial charge >= 0.3 is 0 Å². The van der Waals surface area contributed by atoms with E-state index in [0.29, 0.717) is 4.61 Å². The molecule has 0 aromatic rings. The molecule has 0 heterocycles. The monoisotopic (exact) mass is 205 g/mol. The Morgan fingerprint density at radius 3 is 2.60 bits per heavy atom. The van der Waals surface area contributed by atoms with Gasteiger partial charge in [-0.05, 0) is 22.4 Å². The molecule has 58 valence electrons. The number of hydrogen-bond donors (Lipinski definition) is 2. The lowest BCUT2D eigenvalue weighted by molar-refractivity contribution is 0.476. The number of rotatable bonds is 3. The first-order valence-corrected chi connectivity index (χ1v) is 3.71. The number of hydrazine groups is 1. The van der Waals surface area contributed by atoms with E-state index < -0.39 is 0 Å². The smallest absolute Gasteiger partial charge is 0.0934 e. The van der Waals surface area contributed by atoms with Gasteiger partial charge in [-0.2, -0.15) is 0 Å². The Labute approximate surface area is 69.5 Å². The highest BCUT2D eigenvalue weighted by Gasteiger charge is 1.94. The molecule has 10 heavy (non-hydrogen) atoms. The Morgan fingerprint density at radius 1 is 1.80 bits per heavy atom. The van der Waals surface area contributed by atoms with Crippen molar-refractivity contribution in [3.63, 3.8) is 0 Å². The molecule has 0 spiro atoms. The molecule has 0 amide bonds. The Kier molecular flexibility index (Phi) is 4.14. The number of hydrogen-bond acceptors (Lipinski definition) is 3. The first kappa shape index (κ1) is 9.52. The molecule has 0 aromatic heterocycles. The molecule has 4 heteroatoms. The third kappa shape index (κ3) is 3.53. The van der Waals surface area contributed by atoms with Crippen molar-refractivity contribution in [3.8, 4) is 0 Å². The molecule has 0 aromatic carbocycles. The summed E-state index contributed by atoms with van der Waals surface area (Å²) in [6.07, 6.45) is 2.37. The minimum atomic E-state index is 0.490. The van der Waals surface area contributed by atoms with Crippen LogP contribution in [0, 0.1) is 0 Å². The van der Waals surface area contributed by atoms with Gasteiger partial charge in [0.1, 0.15) is 0 Å². The molecule has 0 saturated carbocycles. The van der Waals surface area contributed by atoms with Gasteiger partial charge in [0.15, 0.2) is 0 Å². The third-order valence-electron chi connectivity index (χ3n) is 1.04. The number of nitrogens with two attached hydrogens (primary N) is 2. The molecule has 0 bridgehead atoms. The van der Waals surface area contributed by atoms with Crippen LogP contribution in [0.1, 0.15) is 13.3 Å². The quantitative estimate of drug-likeness (QED) is 0.415. The van der Waals surface area contributed by atoms with Crippen molar-refractivity contribution in [1.29, 1.82) is 0 Å². The van der Waals surface area contributed by atoms with E-state index in [9.17, 15) is 0 Å². The maximum absolute atomic E-state index is 5.48. The summed E-state index contributed by atoms with van der Waals surface area (Å²) < 4.78 is 0.490. The summed E-state index contributed by atoms with van der Waals surface area (Å²) >= 11 is 3.05. The van der Waals surface area contributed by atoms with Crippen LogP contribution in [0.3, 0.4) is 0 Å². The topological polar surface area (TPSA) is 55.3 Å². The number of allylic oxidation sites excluding steroid dienone is 1. The van der Waals surface area contributed by atoms with Crippen LogP contribution in [0.5, 0.6) is 0 Å². The highest BCUT2D eigenvalue weighted by molar-refractivity contribution is 9.11. The van der Waals surface area contributed by atoms with E-state index in [2.05, 4.69) is 22.5 Å². The predicted octanol–water partition coefficient (Wildman–Crippen LogP) is 1.24. The van der Waals surface area contributed by atoms with Crippen molar-refractivity contribution < 1.29 is 0 Å². The van der Waals surface area contributed by atoms with Crippen molar-refractivity contribution in [2.45, 2.75) is 13.3 Å². The Hall–Kier alpha value is -0.480. The van der Waals surface area contributed by atoms with Crippen LogP contribution < -0.4 is 11.6 Å². The van der Waals surface area contributed by atoms with Gasteiger partial charge in [0.2, 0.25) is 0 Å². The highest BCUT2D eigenvalue weighted by atomic mass is 79.9. The zero-order valence-electron chi connectivity index (χ0n) is 5.97. The van der Waals surface area contributed by atoms with Crippen LogP contribution >= 0.6 is 15.9 Å². The minimum absolute atomic E-state index is 0.490. The van der Waals surface area contributed by atoms with Gasteiger partial charge in [-0.3, -0.25) is 5.01 Å². The van der Waals surface area contributed by atoms with Crippen molar-refractivity contribution >= 4 is 15.9 Å². The second kappa shape index (κ2) is 4.35. The van der Waals surface area contributed by atoms with Crippen molar-refractivity contribution in [2.24, 2.45) is 11.6 Å². The van der Waals surface area contributed by atoms with Gasteiger partial charge in [-0.25, -0.2) is 5.84 Å². The molecule has 3 nitrogen and oxygen atoms in total. The normalized spacial score (nSPS) is 11.3. The fourth-order valence-corrected chi connectivity index (χ4v) is 0.627. The molecule has 0 atom stereocenters. The van der Waals surface area contributed by atoms with Crippen LogP contribution in [0.25, 0.3) is 0 Å². The first-order valence-electron chi connectivity index (χ1n) is 2.92. The first-order chi connectivity index (χ1) is 4.57. The van der Waals surface area contributed by atoms with E-state index >= 15 is 0 Å². The Balaban J connectivity index is 3.96. The van der Waals surface area contributed by atoms with E-state index in [1.54, 1.807) is 6.20 Å². The summed E-state index contributed by atoms with van der Waals surface area (Å²) in [6.45, 7) is 5.68. The SMILES string of the molecule is C=C(CC)N(N)/C=C(\N)Br. The predicted molar refractivity (Wildman–Crippen MR) is 46.7 cm³/mol. The van der Waals surface area contributed by atoms with E-state index in [0.717, 1.165) is 12.1 Å². The van der Waals surface area contributed by atoms with E-state index in [4.69, 9.17) is 11.6 Å². The van der Waals surface area contributed by atoms with Gasteiger partial charge in [-0.15, -0.1) is 0 Å². The van der Waals surface area contributed by atoms with Crippen LogP contribution in [0.15, 0.2) is 23.1 Å². The Morgan fingerprint density at radius 2 is 2.30 bits per heavy atom. The Bertz CT molecular complexity index is 149. The second-order valence-electron chi connectivity index (χ2n) is 1.84. The standard InChI is InChI=1S/C6H12BrN3/c1-3-5(2)10(9)4-6(7)8/h4H,2-3,8-9H2,1H3/b6-4-. The van der Waals surface area contributed by atoms with Gasteiger partial charge in [0, 0.05) is 5.70 Å². The summed E-state index contributed by atoms with van der Waals surface area (Å²) in [6, 6.07) is 0. The average Bonchev–Trinajstić information content (AvgIpc) is 1.85. The molecule has 0 unspecified atom stereocenters. The number of nitrogens with zero attached hydrogens (tertiary/aromatic N) is 1. The molecule has 4 N–H and O–H groups in total. The van der Waals surface area contributed by atoms with Crippen LogP contribution in [0.4, 0.5) is 0 Å². The molecular weight excluding hydrogens is 194 g/mol. The van der Waals surface area contributed by atoms with Crippen LogP contribution in [-0.4, -0.2) is 5.01 Å². The maximum Gasteiger partial charge on any atom is 0.0934 e. The molecule has 0 aliphatic carbocycles. The van der Waals surface area contributed by atoms with Gasteiger partial charge in [0.25, 0.3) is 0 Å². The molecule has 0 rings (SSSR count). The fraction of sp³-hybridized carbons (Fsp3) is 0.333. The maximum atomic E-state index is 5.48. The molecule has 0 fully saturated rings. The molecule has 0 radical (unpaired) electrons. The lowest BCUT2D eigenvalue weighted by atomic mass is 10.4. The van der Waals surface area contributed by atoms with Gasteiger partial charge in [-0.1, -0.05) is 13.5 Å². The molecule has 0 aliphatic heterocycles. The second-order valence-corrected chi connectivity index (χ2v) is 2.76. The zero-order valence-corrected chi connectivity index (χ0v) is 7.56. The van der Waals surface area contributed by atoms with Gasteiger partial charge < -0.3 is 5.73 Å². The summed E-state index contributed by atoms with van der Waals surface area (Å²) in [7, 11) is 0. The van der Waals surface area contributed by atoms with Crippen molar-refractivity contribution in [2.75, 3.05) is 0 Å². The summed E-state index contributed by atoms with van der Waals surface area (Å²) in [5.41, 5.74) is 6.12. The average molecular weight is 206 g/mol. The lowest BCUT2D eigenvalue weighted by Gasteiger charge is -2.14. The van der Waals surface area contributed by atoms with Crippen LogP contribution in [-0.2, 0) is 0 Å². The lowest BCUT2D eigenvalue weighted by Crippen LogP contribution is -2.24. The molecule has 0 saturated heterocycles. The van der Waals surface area contributed by atoms with Crippen LogP contribution in [0.2, 0.25) is 0 Å². The molecule has 0 aliphatic rings. The van der Waals surface area contributed by atoms with E-state index in [1.807, 2.05) is 6.92 Å². The third-order valence-corrected chi connectivity index (χ3v) is 1.24. The summed E-state index contributed by atoms with van der Waals surface area (Å²) in [5, 5.41) is 1.39. The fourth-order valence-electron chi connectivity index (χ4n) is 0.407. The highest BCUT2D eigenvalue weighted by Crippen LogP contribution is 2.03. The van der Waals surface area contributed by atoms with E-state index in [1.165, 1.54) is 5.01 Å². The minimum Gasteiger partial charge on any atom is -0.392 e. The largest absolute Gasteiger partial charge is 0.392 e. The van der Waals surface area contributed by atoms with Crippen molar-refractivity contribution in [1.82, 2.24) is 5.01 Å². The summed E-state index contributed by atoms with van der Waals surface area (Å²) in [5.74, 6) is 5.48. The van der Waals surface area contributed by atoms with E-state index in [-0.39, 0.29) is 0 Å². The zero-order chi connectivity index (χ0) is 8.15.